The van der Waals surface area contributed by atoms with Gasteiger partial charge >= 0.3 is 45.6 Å². The Hall–Kier alpha value is 2.47. The van der Waals surface area contributed by atoms with E-state index in [1.54, 1.807) is 0 Å². The summed E-state index contributed by atoms with van der Waals surface area (Å²) in [5.41, 5.74) is 0. The molecule has 0 spiro atoms. The van der Waals surface area contributed by atoms with Crippen LogP contribution >= 0.6 is 9.90 Å². The average Bonchev–Trinajstić information content (AvgIpc) is 0. The molecule has 0 aromatic rings. The first-order valence-electron chi connectivity index (χ1n) is 0. The molecule has 0 rings (SSSR count). The molecule has 4 heavy (non-hydrogen) atoms. The zero-order valence-electron chi connectivity index (χ0n) is 1.71. The number of hydrogen-bond donors (Lipinski definition) is 0. The van der Waals surface area contributed by atoms with Gasteiger partial charge in [0.1, 0.15) is 0 Å². The Morgan fingerprint density at radius 3 is 1.00 bits per heavy atom. The van der Waals surface area contributed by atoms with Crippen LogP contribution in [0.15, 0.2) is 0 Å². The molecular weight excluding hydrogens is 242 g/mol. The van der Waals surface area contributed by atoms with E-state index >= 15 is 0 Å². The van der Waals surface area contributed by atoms with Crippen molar-refractivity contribution in [3.63, 3.8) is 0 Å². The Morgan fingerprint density at radius 1 is 1.00 bits per heavy atom. The molecule has 0 aromatic heterocycles. The maximum atomic E-state index is 0. The molecule has 4 heteroatoms. The maximum absolute atomic E-state index is 0. The minimum absolute atomic E-state index is 0. The van der Waals surface area contributed by atoms with Gasteiger partial charge in [-0.25, -0.2) is 0 Å². The van der Waals surface area contributed by atoms with E-state index in [-0.39, 0.29) is 72.9 Å². The topological polar surface area (TPSA) is 0 Å². The standard InChI is InChI=1S/Al.Ga.In.H3P.8H/h;;;1H3;;;;;;;;. The van der Waals surface area contributed by atoms with Crippen LogP contribution in [0.3, 0.4) is 0 Å². The molecule has 0 aromatic carbocycles. The molecule has 0 aliphatic carbocycles. The number of hydrogen-bond acceptors (Lipinski definition) is 0. The van der Waals surface area contributed by atoms with Crippen LogP contribution in [0.25, 0.3) is 0 Å². The van der Waals surface area contributed by atoms with E-state index in [2.05, 4.69) is 0 Å². The Morgan fingerprint density at radius 2 is 1.00 bits per heavy atom. The normalized spacial score (nSPS) is 0. The first-order valence-corrected chi connectivity index (χ1v) is 0. The summed E-state index contributed by atoms with van der Waals surface area (Å²) in [6.45, 7) is 0. The van der Waals surface area contributed by atoms with Crippen LogP contribution in [-0.2, 0) is 0 Å². The fourth-order valence-electron chi connectivity index (χ4n) is 0. The molecular formula is H11AlGaInP. The van der Waals surface area contributed by atoms with Gasteiger partial charge in [-0.3, -0.25) is 0 Å². The second kappa shape index (κ2) is 17.9. The van der Waals surface area contributed by atoms with E-state index in [4.69, 9.17) is 0 Å². The van der Waals surface area contributed by atoms with Crippen LogP contribution in [0, 0.1) is 0 Å². The summed E-state index contributed by atoms with van der Waals surface area (Å²) >= 11 is 0. The second-order valence-electron chi connectivity index (χ2n) is 0. The SMILES string of the molecule is P.[AlH3].[GaH2].[InH3]. The first-order chi connectivity index (χ1) is 0. The van der Waals surface area contributed by atoms with Gasteiger partial charge in [0.2, 0.25) is 0 Å². The zero-order valence-corrected chi connectivity index (χ0v) is 7.32. The molecule has 0 fully saturated rings. The van der Waals surface area contributed by atoms with E-state index in [0.29, 0.717) is 0 Å². The van der Waals surface area contributed by atoms with Gasteiger partial charge in [-0.1, -0.05) is 0 Å². The predicted octanol–water partition coefficient (Wildman–Crippen LogP) is -3.23. The molecule has 0 nitrogen and oxygen atoms in total. The molecule has 1 radical (unpaired) electrons. The fourth-order valence-corrected chi connectivity index (χ4v) is 0. The third-order valence-electron chi connectivity index (χ3n) is 0. The van der Waals surface area contributed by atoms with E-state index in [1.807, 2.05) is 0 Å². The van der Waals surface area contributed by atoms with Crippen molar-refractivity contribution in [2.45, 2.75) is 0 Å². The zero-order chi connectivity index (χ0) is 0. The molecule has 0 bridgehead atoms. The van der Waals surface area contributed by atoms with Crippen molar-refractivity contribution in [2.75, 3.05) is 0 Å². The molecule has 0 N–H and O–H groups in total. The van der Waals surface area contributed by atoms with Crippen LogP contribution in [0.4, 0.5) is 0 Å². The van der Waals surface area contributed by atoms with Crippen molar-refractivity contribution in [1.82, 2.24) is 0 Å². The number of rotatable bonds is 0. The molecule has 0 aliphatic rings. The summed E-state index contributed by atoms with van der Waals surface area (Å²) in [6.07, 6.45) is 0. The Labute approximate surface area is 72.1 Å². The van der Waals surface area contributed by atoms with E-state index in [0.717, 1.165) is 0 Å². The van der Waals surface area contributed by atoms with Crippen molar-refractivity contribution < 1.29 is 0 Å². The van der Waals surface area contributed by atoms with Gasteiger partial charge in [0.25, 0.3) is 0 Å². The second-order valence-corrected chi connectivity index (χ2v) is 0. The van der Waals surface area contributed by atoms with Crippen LogP contribution < -0.4 is 0 Å². The summed E-state index contributed by atoms with van der Waals surface area (Å²) in [6, 6.07) is 0. The predicted molar refractivity (Wildman–Crippen MR) is 39.5 cm³/mol. The Kier molecular flexibility index (Phi) is 142. The van der Waals surface area contributed by atoms with Gasteiger partial charge in [0.15, 0.2) is 17.4 Å². The van der Waals surface area contributed by atoms with E-state index < -0.39 is 0 Å². The Bertz CT molecular complexity index is 8.00. The molecule has 0 amide bonds. The molecule has 0 aliphatic heterocycles. The molecule has 0 heterocycles. The molecule has 1 atom stereocenters. The van der Waals surface area contributed by atoms with Crippen molar-refractivity contribution in [3.05, 3.63) is 0 Å². The van der Waals surface area contributed by atoms with Crippen LogP contribution in [0.5, 0.6) is 0 Å². The van der Waals surface area contributed by atoms with Crippen molar-refractivity contribution in [3.8, 4) is 0 Å². The van der Waals surface area contributed by atoms with Crippen LogP contribution in [0.2, 0.25) is 0 Å². The first kappa shape index (κ1) is 31.7. The molecule has 1 unspecified atom stereocenters. The van der Waals surface area contributed by atoms with Crippen LogP contribution in [-0.4, -0.2) is 63.0 Å². The third-order valence-corrected chi connectivity index (χ3v) is 0. The van der Waals surface area contributed by atoms with Gasteiger partial charge in [-0.15, -0.1) is 0 Å². The average molecular weight is 254 g/mol. The molecule has 0 saturated heterocycles. The molecule has 25 valence electrons. The van der Waals surface area contributed by atoms with Crippen LogP contribution in [0.1, 0.15) is 0 Å². The summed E-state index contributed by atoms with van der Waals surface area (Å²) in [5.74, 6) is 0. The quantitative estimate of drug-likeness (QED) is 0.315. The summed E-state index contributed by atoms with van der Waals surface area (Å²) in [5, 5.41) is 0. The van der Waals surface area contributed by atoms with Gasteiger partial charge in [-0.2, -0.15) is 9.90 Å². The van der Waals surface area contributed by atoms with Crippen molar-refractivity contribution in [2.24, 2.45) is 0 Å². The van der Waals surface area contributed by atoms with Gasteiger partial charge in [0, 0.05) is 0 Å². The Balaban J connectivity index is 0. The van der Waals surface area contributed by atoms with E-state index in [1.165, 1.54) is 0 Å². The van der Waals surface area contributed by atoms with Gasteiger partial charge < -0.3 is 0 Å². The summed E-state index contributed by atoms with van der Waals surface area (Å²) in [7, 11) is 0. The summed E-state index contributed by atoms with van der Waals surface area (Å²) in [4.78, 5) is 0. The van der Waals surface area contributed by atoms with Gasteiger partial charge in [-0.05, 0) is 0 Å². The van der Waals surface area contributed by atoms with Crippen molar-refractivity contribution >= 4 is 72.9 Å². The monoisotopic (exact) mass is 253 g/mol. The van der Waals surface area contributed by atoms with E-state index in [9.17, 15) is 0 Å². The van der Waals surface area contributed by atoms with Gasteiger partial charge in [0.05, 0.1) is 0 Å². The summed E-state index contributed by atoms with van der Waals surface area (Å²) < 4.78 is 0. The molecule has 0 saturated carbocycles. The minimum atomic E-state index is 0. The third kappa shape index (κ3) is 8.82. The van der Waals surface area contributed by atoms with Crippen molar-refractivity contribution in [1.29, 1.82) is 0 Å². The fraction of sp³-hybridized carbons (Fsp3) is 0.